The molecule has 0 aliphatic rings. The molecular weight excluding hydrogens is 1550 g/mol. The molecule has 119 heavy (non-hydrogen) atoms. The largest absolute Gasteiger partial charge is 0.488 e. The Balaban J connectivity index is -0.00000130. The van der Waals surface area contributed by atoms with E-state index in [0.29, 0.717) is 62.0 Å². The molecule has 1 unspecified atom stereocenters. The molecule has 0 aromatic heterocycles. The van der Waals surface area contributed by atoms with Crippen LogP contribution in [0.5, 0.6) is 5.75 Å². The van der Waals surface area contributed by atoms with Crippen molar-refractivity contribution in [1.29, 1.82) is 0 Å². The van der Waals surface area contributed by atoms with Gasteiger partial charge in [0.05, 0.1) is 53.5 Å². The SMILES string of the molecule is C=CCCCCCC[C@@](C)(NC)C(C)=O.CN[C@@H](CCCC(C)C)C(C)=O.CN[C@@H](CCCNC(N)=O)C(C)=O.CN[C@@H](Cc1ccc(B(O)O)cc1)C(C)=O.CN[C@@H](Cc1ccc(Cl)cc1)C(C)=O.CN[C@@H](Cc1ccc(N)cc1)C(C)=O.CN[C@@H](Cc1ccc(N=C(N)N)cc1)C(C)=O.CN[C@@H](Cc1ccc(OP(C)(=O)O)cc1)C(C)=O. The maximum absolute atomic E-state index is 11.4. The molecule has 2 amide bonds. The number of benzene rings is 5. The van der Waals surface area contributed by atoms with Crippen molar-refractivity contribution < 1.29 is 67.2 Å². The number of urea groups is 1. The molecule has 28 nitrogen and oxygen atoms in total. The molecule has 5 rings (SSSR count). The first-order valence-electron chi connectivity index (χ1n) is 40.3. The normalized spacial score (nSPS) is 13.2. The summed E-state index contributed by atoms with van der Waals surface area (Å²) in [5.41, 5.74) is 27.8. The van der Waals surface area contributed by atoms with Gasteiger partial charge in [0.1, 0.15) is 52.0 Å². The molecule has 0 aliphatic carbocycles. The Hall–Kier alpha value is -8.52. The van der Waals surface area contributed by atoms with Crippen molar-refractivity contribution in [2.75, 3.05) is 75.3 Å². The van der Waals surface area contributed by atoms with E-state index >= 15 is 0 Å². The number of nitrogen functional groups attached to an aromatic ring is 1. The van der Waals surface area contributed by atoms with E-state index < -0.39 is 20.7 Å². The predicted molar refractivity (Wildman–Crippen MR) is 488 cm³/mol. The maximum Gasteiger partial charge on any atom is 0.488 e. The highest BCUT2D eigenvalue weighted by Crippen LogP contribution is 2.38. The second-order valence-corrected chi connectivity index (χ2v) is 31.8. The number of nitrogens with zero attached hydrogens (tertiary/aromatic N) is 1. The number of anilines is 1. The Morgan fingerprint density at radius 3 is 1.12 bits per heavy atom. The topological polar surface area (TPSA) is 465 Å². The fraction of sp³-hybridized carbons (Fsp3) is 0.523. The number of allylic oxidation sites excluding steroid dienone is 1. The highest BCUT2D eigenvalue weighted by atomic mass is 35.5. The van der Waals surface area contributed by atoms with E-state index in [1.54, 1.807) is 139 Å². The number of aliphatic imine (C=N–C) groups is 1. The number of halogens is 1. The molecule has 0 fully saturated rings. The van der Waals surface area contributed by atoms with Crippen molar-refractivity contribution in [1.82, 2.24) is 47.9 Å². The lowest BCUT2D eigenvalue weighted by Crippen LogP contribution is -2.46. The summed E-state index contributed by atoms with van der Waals surface area (Å²) in [6, 6.07) is 35.0. The van der Waals surface area contributed by atoms with E-state index in [-0.39, 0.29) is 100 Å². The fourth-order valence-electron chi connectivity index (χ4n) is 11.2. The minimum absolute atomic E-state index is 0.0367. The molecule has 0 radical (unpaired) electrons. The van der Waals surface area contributed by atoms with E-state index in [0.717, 1.165) is 89.6 Å². The Labute approximate surface area is 715 Å². The van der Waals surface area contributed by atoms with Gasteiger partial charge in [0, 0.05) is 23.9 Å². The predicted octanol–water partition coefficient (Wildman–Crippen LogP) is 8.73. The highest BCUT2D eigenvalue weighted by molar-refractivity contribution is 7.52. The van der Waals surface area contributed by atoms with Crippen molar-refractivity contribution in [3.63, 3.8) is 0 Å². The van der Waals surface area contributed by atoms with Gasteiger partial charge in [0.2, 0.25) is 0 Å². The number of primary amides is 1. The second kappa shape index (κ2) is 66.2. The number of nitrogens with one attached hydrogen (secondary N) is 9. The number of hydrogen-bond donors (Lipinski definition) is 16. The summed E-state index contributed by atoms with van der Waals surface area (Å²) in [4.78, 5) is 113. The van der Waals surface area contributed by atoms with Crippen LogP contribution in [-0.2, 0) is 75.0 Å². The Kier molecular flexibility index (Phi) is 63.8. The summed E-state index contributed by atoms with van der Waals surface area (Å²) in [5.74, 6) is 2.33. The van der Waals surface area contributed by atoms with E-state index in [9.17, 15) is 47.7 Å². The van der Waals surface area contributed by atoms with Gasteiger partial charge in [-0.05, 0) is 277 Å². The summed E-state index contributed by atoms with van der Waals surface area (Å²) >= 11 is 5.76. The zero-order valence-electron chi connectivity index (χ0n) is 74.5. The van der Waals surface area contributed by atoms with Gasteiger partial charge in [0.15, 0.2) is 5.96 Å². The van der Waals surface area contributed by atoms with E-state index in [1.165, 1.54) is 32.6 Å². The quantitative estimate of drug-likeness (QED) is 0.00329. The van der Waals surface area contributed by atoms with Gasteiger partial charge in [-0.2, -0.15) is 0 Å². The van der Waals surface area contributed by atoms with Crippen LogP contribution in [0.2, 0.25) is 5.02 Å². The smallest absolute Gasteiger partial charge is 0.425 e. The minimum Gasteiger partial charge on any atom is -0.425 e. The number of hydrogen-bond acceptors (Lipinski definition) is 23. The van der Waals surface area contributed by atoms with Crippen LogP contribution in [0.3, 0.4) is 0 Å². The first kappa shape index (κ1) is 115. The van der Waals surface area contributed by atoms with E-state index in [4.69, 9.17) is 54.0 Å². The lowest BCUT2D eigenvalue weighted by Gasteiger charge is -2.26. The van der Waals surface area contributed by atoms with Crippen LogP contribution in [0, 0.1) is 5.92 Å². The van der Waals surface area contributed by atoms with Crippen LogP contribution in [0.25, 0.3) is 0 Å². The average Bonchev–Trinajstić information content (AvgIpc) is 0.892. The number of guanidine groups is 1. The van der Waals surface area contributed by atoms with Crippen LogP contribution < -0.4 is 80.8 Å². The first-order valence-corrected chi connectivity index (χ1v) is 42.7. The van der Waals surface area contributed by atoms with Crippen LogP contribution in [0.1, 0.15) is 175 Å². The summed E-state index contributed by atoms with van der Waals surface area (Å²) < 4.78 is 15.9. The fourth-order valence-corrected chi connectivity index (χ4v) is 11.8. The molecule has 31 heteroatoms. The zero-order chi connectivity index (χ0) is 91.4. The van der Waals surface area contributed by atoms with Gasteiger partial charge in [-0.15, -0.1) is 6.58 Å². The van der Waals surface area contributed by atoms with Crippen LogP contribution in [0.4, 0.5) is 16.2 Å². The van der Waals surface area contributed by atoms with Crippen LogP contribution in [-0.4, -0.2) is 198 Å². The molecule has 0 aliphatic heterocycles. The Morgan fingerprint density at radius 1 is 0.496 bits per heavy atom. The molecule has 0 heterocycles. The van der Waals surface area contributed by atoms with Crippen molar-refractivity contribution in [2.45, 2.75) is 227 Å². The average molecular weight is 1700 g/mol. The number of rotatable bonds is 45. The van der Waals surface area contributed by atoms with Gasteiger partial charge in [-0.1, -0.05) is 136 Å². The third-order valence-corrected chi connectivity index (χ3v) is 19.8. The minimum atomic E-state index is -3.52. The summed E-state index contributed by atoms with van der Waals surface area (Å²) in [5, 5.41) is 44.9. The third kappa shape index (κ3) is 58.2. The third-order valence-electron chi connectivity index (χ3n) is 19.0. The number of amides is 2. The number of carbonyl (C=O) groups excluding carboxylic acids is 9. The number of ketones is 8. The zero-order valence-corrected chi connectivity index (χ0v) is 76.1. The molecule has 9 atom stereocenters. The second-order valence-electron chi connectivity index (χ2n) is 29.5. The number of likely N-dealkylation sites (N-methyl/N-ethyl adjacent to an activating group) is 8. The first-order chi connectivity index (χ1) is 55.9. The number of unbranched alkanes of at least 4 members (excludes halogenated alkanes) is 4. The Bertz CT molecular complexity index is 3710. The lowest BCUT2D eigenvalue weighted by molar-refractivity contribution is -0.123. The maximum atomic E-state index is 11.4. The molecule has 0 saturated heterocycles. The molecule has 5 aromatic rings. The van der Waals surface area contributed by atoms with E-state index in [2.05, 4.69) is 73.3 Å². The summed E-state index contributed by atoms with van der Waals surface area (Å²) in [6.07, 6.45) is 16.9. The Morgan fingerprint density at radius 2 is 0.824 bits per heavy atom. The van der Waals surface area contributed by atoms with Gasteiger partial charge < -0.3 is 90.3 Å². The lowest BCUT2D eigenvalue weighted by atomic mass is 9.80. The molecule has 0 spiro atoms. The number of nitrogens with two attached hydrogens (primary N) is 4. The van der Waals surface area contributed by atoms with Crippen LogP contribution >= 0.6 is 19.2 Å². The monoisotopic (exact) mass is 1700 g/mol. The van der Waals surface area contributed by atoms with E-state index in [1.807, 2.05) is 99.9 Å². The van der Waals surface area contributed by atoms with Crippen LogP contribution in [0.15, 0.2) is 139 Å². The number of carbonyl (C=O) groups is 9. The van der Waals surface area contributed by atoms with Crippen molar-refractivity contribution in [3.05, 3.63) is 167 Å². The van der Waals surface area contributed by atoms with Crippen molar-refractivity contribution in [2.24, 2.45) is 28.1 Å². The summed E-state index contributed by atoms with van der Waals surface area (Å²) in [7, 11) is 9.34. The van der Waals surface area contributed by atoms with Crippen molar-refractivity contribution >= 4 is 101 Å². The van der Waals surface area contributed by atoms with Crippen molar-refractivity contribution in [3.8, 4) is 5.75 Å². The van der Waals surface area contributed by atoms with Gasteiger partial charge in [-0.25, -0.2) is 14.4 Å². The molecular formula is C88H145BClN14O14P. The standard InChI is InChI=1S/C13H25NO.C12H18N4O.C12H18NO4P.C11H16BNO3.C11H14ClNO.C11H16N2O.C10H21NO.C8H17N3O2/c1-5-6-7-8-9-10-11-13(3,14-4)12(2)15;1-8(17)11(15-2)7-9-3-5-10(6-4-9)16-12(13)14;1-9(14)12(13-2)8-10-4-6-11(7-5-10)17-18(3,15)16;1-8(14)11(13-2)7-9-3-5-10(6-4-9)12(15)16;2*1-8(14)11(13-2)7-9-3-5-10(12)6-4-9;1-8(2)6-5-7-10(11-4)9(3)12;1-6(12)7(10-2)4-3-5-11-8(9)13/h5,14H,1,6-11H2,2-4H3;3-6,11,15H,7H2,1-2H3,(H4,13,14,16);4-7,12-13H,8H2,1-3H3,(H,15,16);3-6,11,13,15-16H,7H2,1-2H3;3-6,11,13H,7H2,1-2H3;3-6,11,13H,7,12H2,1-2H3;8,10-11H,5-7H2,1-4H3;7,10H,3-5H2,1-2H3,(H3,9,11,13)/t13-;11-;12-;3*11-;10-;7-/m10000000/s1. The molecule has 5 aromatic carbocycles. The summed E-state index contributed by atoms with van der Waals surface area (Å²) in [6.45, 7) is 24.5. The molecule has 666 valence electrons. The number of Topliss-reactive ketones (excluding diaryl/α,β-unsaturated/α-hetero) is 8. The molecule has 0 bridgehead atoms. The molecule has 20 N–H and O–H groups in total. The van der Waals surface area contributed by atoms with Gasteiger partial charge in [-0.3, -0.25) is 38.4 Å². The van der Waals surface area contributed by atoms with Gasteiger partial charge in [0.25, 0.3) is 0 Å². The van der Waals surface area contributed by atoms with Gasteiger partial charge >= 0.3 is 20.7 Å². The highest BCUT2D eigenvalue weighted by Gasteiger charge is 2.27. The molecule has 0 saturated carbocycles.